The van der Waals surface area contributed by atoms with Gasteiger partial charge in [-0.3, -0.25) is 0 Å². The zero-order valence-electron chi connectivity index (χ0n) is 14.1. The Bertz CT molecular complexity index is 422. The van der Waals surface area contributed by atoms with Crippen molar-refractivity contribution in [3.8, 4) is 5.75 Å². The molecule has 118 valence electrons. The lowest BCUT2D eigenvalue weighted by atomic mass is 10.2. The molecule has 0 N–H and O–H groups in total. The van der Waals surface area contributed by atoms with Crippen molar-refractivity contribution in [3.05, 3.63) is 42.5 Å². The van der Waals surface area contributed by atoms with Gasteiger partial charge in [-0.2, -0.15) is 0 Å². The van der Waals surface area contributed by atoms with E-state index in [0.29, 0.717) is 11.2 Å². The average Bonchev–Trinajstić information content (AvgIpc) is 2.33. The molecule has 0 spiro atoms. The zero-order valence-corrected chi connectivity index (χ0v) is 15.7. The van der Waals surface area contributed by atoms with Gasteiger partial charge in [-0.25, -0.2) is 0 Å². The van der Waals surface area contributed by atoms with E-state index < -0.39 is 0 Å². The molecule has 0 bridgehead atoms. The van der Waals surface area contributed by atoms with Gasteiger partial charge in [0.05, 0.1) is 4.58 Å². The maximum Gasteiger partial charge on any atom is 0.119 e. The van der Waals surface area contributed by atoms with E-state index in [0.717, 1.165) is 5.75 Å². The van der Waals surface area contributed by atoms with E-state index in [2.05, 4.69) is 72.4 Å². The smallest absolute Gasteiger partial charge is 0.119 e. The summed E-state index contributed by atoms with van der Waals surface area (Å²) in [5.74, 6) is 0.902. The van der Waals surface area contributed by atoms with Crippen molar-refractivity contribution in [2.24, 2.45) is 0 Å². The fraction of sp³-hybridized carbons (Fsp3) is 0.556. The van der Waals surface area contributed by atoms with Crippen LogP contribution in [-0.4, -0.2) is 16.1 Å². The molecule has 1 nitrogen and oxygen atoms in total. The Hall–Kier alpha value is -0.540. The average molecular weight is 325 g/mol. The minimum absolute atomic E-state index is 0.237. The third kappa shape index (κ3) is 7.87. The van der Waals surface area contributed by atoms with Gasteiger partial charge in [0.1, 0.15) is 12.4 Å². The molecule has 0 saturated carbocycles. The number of hydrogen-bond acceptors (Lipinski definition) is 3. The first-order valence-corrected chi connectivity index (χ1v) is 9.06. The molecule has 1 rings (SSSR count). The van der Waals surface area contributed by atoms with Crippen LogP contribution in [0.4, 0.5) is 0 Å². The van der Waals surface area contributed by atoms with Crippen molar-refractivity contribution >= 4 is 23.5 Å². The molecule has 0 unspecified atom stereocenters. The molecule has 1 aromatic carbocycles. The van der Waals surface area contributed by atoms with E-state index in [1.807, 2.05) is 23.5 Å². The summed E-state index contributed by atoms with van der Waals surface area (Å²) in [6, 6.07) is 8.47. The normalized spacial score (nSPS) is 12.5. The third-order valence-electron chi connectivity index (χ3n) is 2.44. The van der Waals surface area contributed by atoms with Crippen molar-refractivity contribution in [2.45, 2.75) is 55.6 Å². The van der Waals surface area contributed by atoms with Crippen LogP contribution >= 0.6 is 23.5 Å². The summed E-state index contributed by atoms with van der Waals surface area (Å²) in [5, 5.41) is 0. The standard InChI is InChI=1S/C18H28OS2/c1-8-13-19-15-11-9-14(10-12-15)16(20-17(2,3)4)21-18(5,6)7/h8-12,16H,1,13H2,2-7H3. The fourth-order valence-corrected chi connectivity index (χ4v) is 5.47. The predicted molar refractivity (Wildman–Crippen MR) is 99.6 cm³/mol. The lowest BCUT2D eigenvalue weighted by Crippen LogP contribution is -2.15. The molecule has 0 fully saturated rings. The van der Waals surface area contributed by atoms with Crippen molar-refractivity contribution in [1.82, 2.24) is 0 Å². The molecule has 21 heavy (non-hydrogen) atoms. The number of thioether (sulfide) groups is 2. The number of hydrogen-bond donors (Lipinski definition) is 0. The summed E-state index contributed by atoms with van der Waals surface area (Å²) >= 11 is 4.02. The molecule has 0 heterocycles. The van der Waals surface area contributed by atoms with Crippen LogP contribution in [0.3, 0.4) is 0 Å². The van der Waals surface area contributed by atoms with Crippen LogP contribution < -0.4 is 4.74 Å². The largest absolute Gasteiger partial charge is 0.490 e. The summed E-state index contributed by atoms with van der Waals surface area (Å²) in [5.41, 5.74) is 1.35. The van der Waals surface area contributed by atoms with Gasteiger partial charge < -0.3 is 4.74 Å². The highest BCUT2D eigenvalue weighted by molar-refractivity contribution is 8.17. The van der Waals surface area contributed by atoms with Crippen LogP contribution in [0.2, 0.25) is 0 Å². The van der Waals surface area contributed by atoms with Gasteiger partial charge >= 0.3 is 0 Å². The molecule has 0 aromatic heterocycles. The molecular weight excluding hydrogens is 296 g/mol. The van der Waals surface area contributed by atoms with Crippen LogP contribution in [0.25, 0.3) is 0 Å². The second kappa shape index (κ2) is 7.64. The van der Waals surface area contributed by atoms with Gasteiger partial charge in [-0.1, -0.05) is 66.3 Å². The lowest BCUT2D eigenvalue weighted by molar-refractivity contribution is 0.363. The van der Waals surface area contributed by atoms with E-state index in [1.54, 1.807) is 6.08 Å². The molecule has 1 aromatic rings. The van der Waals surface area contributed by atoms with Crippen LogP contribution in [0, 0.1) is 0 Å². The Morgan fingerprint density at radius 2 is 1.48 bits per heavy atom. The second-order valence-electron chi connectivity index (χ2n) is 6.96. The van der Waals surface area contributed by atoms with Gasteiger partial charge in [0.25, 0.3) is 0 Å². The van der Waals surface area contributed by atoms with Crippen LogP contribution in [0.1, 0.15) is 51.7 Å². The Morgan fingerprint density at radius 1 is 1.00 bits per heavy atom. The summed E-state index contributed by atoms with van der Waals surface area (Å²) in [6.45, 7) is 17.9. The first-order valence-electron chi connectivity index (χ1n) is 7.30. The number of ether oxygens (including phenoxy) is 1. The SMILES string of the molecule is C=CCOc1ccc(C(SC(C)(C)C)SC(C)(C)C)cc1. The van der Waals surface area contributed by atoms with Gasteiger partial charge in [0.2, 0.25) is 0 Å². The van der Waals surface area contributed by atoms with E-state index in [-0.39, 0.29) is 9.49 Å². The van der Waals surface area contributed by atoms with E-state index >= 15 is 0 Å². The Kier molecular flexibility index (Phi) is 6.73. The Morgan fingerprint density at radius 3 is 1.86 bits per heavy atom. The van der Waals surface area contributed by atoms with Crippen LogP contribution in [0.5, 0.6) is 5.75 Å². The predicted octanol–water partition coefficient (Wildman–Crippen LogP) is 6.31. The Labute approximate surface area is 138 Å². The highest BCUT2D eigenvalue weighted by Crippen LogP contribution is 2.50. The monoisotopic (exact) mass is 324 g/mol. The van der Waals surface area contributed by atoms with Gasteiger partial charge in [-0.15, -0.1) is 23.5 Å². The van der Waals surface area contributed by atoms with Crippen molar-refractivity contribution in [2.75, 3.05) is 6.61 Å². The topological polar surface area (TPSA) is 9.23 Å². The van der Waals surface area contributed by atoms with Gasteiger partial charge in [-0.05, 0) is 17.7 Å². The molecule has 0 saturated heterocycles. The quantitative estimate of drug-likeness (QED) is 0.448. The molecule has 0 amide bonds. The highest BCUT2D eigenvalue weighted by atomic mass is 32.2. The van der Waals surface area contributed by atoms with Crippen molar-refractivity contribution < 1.29 is 4.74 Å². The van der Waals surface area contributed by atoms with Crippen LogP contribution in [-0.2, 0) is 0 Å². The van der Waals surface area contributed by atoms with E-state index in [1.165, 1.54) is 5.56 Å². The van der Waals surface area contributed by atoms with Crippen LogP contribution in [0.15, 0.2) is 36.9 Å². The molecule has 3 heteroatoms. The first-order chi connectivity index (χ1) is 9.61. The maximum atomic E-state index is 5.56. The molecule has 0 atom stereocenters. The van der Waals surface area contributed by atoms with E-state index in [9.17, 15) is 0 Å². The summed E-state index contributed by atoms with van der Waals surface area (Å²) < 4.78 is 6.46. The Balaban J connectivity index is 2.89. The minimum Gasteiger partial charge on any atom is -0.490 e. The molecule has 0 aliphatic rings. The molecule has 0 aliphatic carbocycles. The summed E-state index contributed by atoms with van der Waals surface area (Å²) in [7, 11) is 0. The number of benzene rings is 1. The van der Waals surface area contributed by atoms with E-state index in [4.69, 9.17) is 4.74 Å². The van der Waals surface area contributed by atoms with Crippen molar-refractivity contribution in [3.63, 3.8) is 0 Å². The minimum atomic E-state index is 0.237. The number of rotatable bonds is 6. The molecule has 0 radical (unpaired) electrons. The third-order valence-corrected chi connectivity index (χ3v) is 5.41. The fourth-order valence-electron chi connectivity index (χ4n) is 1.68. The maximum absolute atomic E-state index is 5.56. The van der Waals surface area contributed by atoms with Gasteiger partial charge in [0.15, 0.2) is 0 Å². The summed E-state index contributed by atoms with van der Waals surface area (Å²) in [6.07, 6.45) is 1.77. The molecular formula is C18H28OS2. The van der Waals surface area contributed by atoms with Gasteiger partial charge in [0, 0.05) is 9.49 Å². The first kappa shape index (κ1) is 18.5. The highest BCUT2D eigenvalue weighted by Gasteiger charge is 2.26. The van der Waals surface area contributed by atoms with Crippen molar-refractivity contribution in [1.29, 1.82) is 0 Å². The molecule has 0 aliphatic heterocycles. The summed E-state index contributed by atoms with van der Waals surface area (Å²) in [4.78, 5) is 0. The zero-order chi connectivity index (χ0) is 16.1. The lowest BCUT2D eigenvalue weighted by Gasteiger charge is -2.30. The second-order valence-corrected chi connectivity index (χ2v) is 11.1.